The number of hydrogen-bond acceptors (Lipinski definition) is 4. The summed E-state index contributed by atoms with van der Waals surface area (Å²) in [5, 5.41) is 0. The highest BCUT2D eigenvalue weighted by molar-refractivity contribution is 5.18. The summed E-state index contributed by atoms with van der Waals surface area (Å²) in [4.78, 5) is 17.1. The first-order valence-electron chi connectivity index (χ1n) is 6.56. The molecule has 2 aromatic rings. The van der Waals surface area contributed by atoms with E-state index in [-0.39, 0.29) is 5.41 Å². The van der Waals surface area contributed by atoms with E-state index >= 15 is 0 Å². The monoisotopic (exact) mass is 256 g/mol. The van der Waals surface area contributed by atoms with Gasteiger partial charge >= 0.3 is 0 Å². The van der Waals surface area contributed by atoms with Gasteiger partial charge in [0.1, 0.15) is 12.2 Å². The molecule has 0 spiro atoms. The Morgan fingerprint density at radius 1 is 1.11 bits per heavy atom. The van der Waals surface area contributed by atoms with Crippen LogP contribution in [0.15, 0.2) is 31.0 Å². The molecule has 0 unspecified atom stereocenters. The molecule has 4 heteroatoms. The fourth-order valence-electron chi connectivity index (χ4n) is 2.05. The summed E-state index contributed by atoms with van der Waals surface area (Å²) in [7, 11) is 0. The zero-order chi connectivity index (χ0) is 13.9. The quantitative estimate of drug-likeness (QED) is 0.844. The summed E-state index contributed by atoms with van der Waals surface area (Å²) in [6, 6.07) is 1.96. The van der Waals surface area contributed by atoms with Gasteiger partial charge in [0, 0.05) is 35.6 Å². The van der Waals surface area contributed by atoms with Crippen LogP contribution in [0.4, 0.5) is 0 Å². The van der Waals surface area contributed by atoms with Gasteiger partial charge in [0.15, 0.2) is 0 Å². The van der Waals surface area contributed by atoms with Gasteiger partial charge in [0.05, 0.1) is 0 Å². The normalized spacial score (nSPS) is 11.8. The van der Waals surface area contributed by atoms with E-state index in [0.717, 1.165) is 23.5 Å². The Kier molecular flexibility index (Phi) is 3.88. The SMILES string of the molecule is CC(C)c1ncc(CC(C)(C)c2ccncn2)cn1. The molecule has 0 saturated carbocycles. The van der Waals surface area contributed by atoms with Crippen molar-refractivity contribution in [3.8, 4) is 0 Å². The molecule has 0 N–H and O–H groups in total. The van der Waals surface area contributed by atoms with Gasteiger partial charge < -0.3 is 0 Å². The minimum atomic E-state index is -0.0500. The second kappa shape index (κ2) is 5.43. The molecule has 4 nitrogen and oxygen atoms in total. The molecule has 0 bridgehead atoms. The highest BCUT2D eigenvalue weighted by atomic mass is 14.9. The maximum atomic E-state index is 4.41. The summed E-state index contributed by atoms with van der Waals surface area (Å²) >= 11 is 0. The first kappa shape index (κ1) is 13.6. The van der Waals surface area contributed by atoms with Crippen molar-refractivity contribution in [2.75, 3.05) is 0 Å². The molecule has 0 aliphatic heterocycles. The van der Waals surface area contributed by atoms with Crippen molar-refractivity contribution in [3.05, 3.63) is 48.1 Å². The molecule has 0 aliphatic rings. The number of hydrogen-bond donors (Lipinski definition) is 0. The van der Waals surface area contributed by atoms with Gasteiger partial charge in [-0.3, -0.25) is 0 Å². The molecule has 0 saturated heterocycles. The lowest BCUT2D eigenvalue weighted by atomic mass is 9.83. The number of rotatable bonds is 4. The van der Waals surface area contributed by atoms with E-state index in [0.29, 0.717) is 5.92 Å². The van der Waals surface area contributed by atoms with E-state index in [1.54, 1.807) is 12.5 Å². The van der Waals surface area contributed by atoms with E-state index in [2.05, 4.69) is 47.6 Å². The lowest BCUT2D eigenvalue weighted by Crippen LogP contribution is -2.22. The molecular weight excluding hydrogens is 236 g/mol. The van der Waals surface area contributed by atoms with Crippen molar-refractivity contribution >= 4 is 0 Å². The molecule has 0 amide bonds. The molecule has 0 radical (unpaired) electrons. The molecular formula is C15H20N4. The lowest BCUT2D eigenvalue weighted by Gasteiger charge is -2.23. The van der Waals surface area contributed by atoms with E-state index in [4.69, 9.17) is 0 Å². The van der Waals surface area contributed by atoms with E-state index in [9.17, 15) is 0 Å². The predicted molar refractivity (Wildman–Crippen MR) is 74.9 cm³/mol. The minimum absolute atomic E-state index is 0.0500. The molecule has 100 valence electrons. The van der Waals surface area contributed by atoms with Crippen LogP contribution in [0.25, 0.3) is 0 Å². The Morgan fingerprint density at radius 3 is 2.32 bits per heavy atom. The summed E-state index contributed by atoms with van der Waals surface area (Å²) < 4.78 is 0. The van der Waals surface area contributed by atoms with E-state index < -0.39 is 0 Å². The Labute approximate surface area is 114 Å². The summed E-state index contributed by atoms with van der Waals surface area (Å²) in [6.07, 6.45) is 8.08. The third-order valence-corrected chi connectivity index (χ3v) is 3.16. The van der Waals surface area contributed by atoms with Crippen LogP contribution in [0.3, 0.4) is 0 Å². The third-order valence-electron chi connectivity index (χ3n) is 3.16. The molecule has 0 atom stereocenters. The molecule has 2 heterocycles. The summed E-state index contributed by atoms with van der Waals surface area (Å²) in [5.74, 6) is 1.26. The van der Waals surface area contributed by atoms with Crippen LogP contribution in [-0.2, 0) is 11.8 Å². The van der Waals surface area contributed by atoms with Gasteiger partial charge in [-0.25, -0.2) is 19.9 Å². The molecule has 19 heavy (non-hydrogen) atoms. The lowest BCUT2D eigenvalue weighted by molar-refractivity contribution is 0.501. The summed E-state index contributed by atoms with van der Waals surface area (Å²) in [5.41, 5.74) is 2.12. The van der Waals surface area contributed by atoms with Gasteiger partial charge in [-0.1, -0.05) is 27.7 Å². The van der Waals surface area contributed by atoms with Crippen molar-refractivity contribution < 1.29 is 0 Å². The van der Waals surface area contributed by atoms with E-state index in [1.165, 1.54) is 0 Å². The van der Waals surface area contributed by atoms with Crippen LogP contribution in [0.2, 0.25) is 0 Å². The van der Waals surface area contributed by atoms with Gasteiger partial charge in [-0.15, -0.1) is 0 Å². The van der Waals surface area contributed by atoms with Gasteiger partial charge in [0.2, 0.25) is 0 Å². The topological polar surface area (TPSA) is 51.6 Å². The van der Waals surface area contributed by atoms with Crippen LogP contribution in [-0.4, -0.2) is 19.9 Å². The van der Waals surface area contributed by atoms with Crippen molar-refractivity contribution in [3.63, 3.8) is 0 Å². The van der Waals surface area contributed by atoms with Crippen LogP contribution in [0.5, 0.6) is 0 Å². The standard InChI is InChI=1S/C15H20N4/c1-11(2)14-17-8-12(9-18-14)7-15(3,4)13-5-6-16-10-19-13/h5-6,8-11H,7H2,1-4H3. The Hall–Kier alpha value is -1.84. The first-order valence-corrected chi connectivity index (χ1v) is 6.56. The van der Waals surface area contributed by atoms with Crippen LogP contribution in [0.1, 0.15) is 50.7 Å². The first-order chi connectivity index (χ1) is 8.99. The van der Waals surface area contributed by atoms with Crippen molar-refractivity contribution in [1.29, 1.82) is 0 Å². The third kappa shape index (κ3) is 3.34. The zero-order valence-electron chi connectivity index (χ0n) is 12.0. The van der Waals surface area contributed by atoms with E-state index in [1.807, 2.05) is 18.5 Å². The van der Waals surface area contributed by atoms with Crippen molar-refractivity contribution in [2.45, 2.75) is 45.4 Å². The molecule has 0 fully saturated rings. The molecule has 0 aromatic carbocycles. The Balaban J connectivity index is 2.16. The summed E-state index contributed by atoms with van der Waals surface area (Å²) in [6.45, 7) is 8.54. The van der Waals surface area contributed by atoms with Gasteiger partial charge in [-0.05, 0) is 18.1 Å². The van der Waals surface area contributed by atoms with Crippen molar-refractivity contribution in [1.82, 2.24) is 19.9 Å². The largest absolute Gasteiger partial charge is 0.245 e. The zero-order valence-corrected chi connectivity index (χ0v) is 12.0. The van der Waals surface area contributed by atoms with Gasteiger partial charge in [0.25, 0.3) is 0 Å². The second-order valence-corrected chi connectivity index (χ2v) is 5.76. The number of aromatic nitrogens is 4. The molecule has 2 rings (SSSR count). The van der Waals surface area contributed by atoms with Gasteiger partial charge in [-0.2, -0.15) is 0 Å². The fourth-order valence-corrected chi connectivity index (χ4v) is 2.05. The Bertz CT molecular complexity index is 518. The number of nitrogens with zero attached hydrogens (tertiary/aromatic N) is 4. The maximum absolute atomic E-state index is 4.41. The predicted octanol–water partition coefficient (Wildman–Crippen LogP) is 2.91. The van der Waals surface area contributed by atoms with Crippen LogP contribution >= 0.6 is 0 Å². The maximum Gasteiger partial charge on any atom is 0.130 e. The highest BCUT2D eigenvalue weighted by Gasteiger charge is 2.23. The smallest absolute Gasteiger partial charge is 0.130 e. The van der Waals surface area contributed by atoms with Crippen LogP contribution < -0.4 is 0 Å². The second-order valence-electron chi connectivity index (χ2n) is 5.76. The average Bonchev–Trinajstić information content (AvgIpc) is 2.40. The average molecular weight is 256 g/mol. The van der Waals surface area contributed by atoms with Crippen molar-refractivity contribution in [2.24, 2.45) is 0 Å². The molecule has 0 aliphatic carbocycles. The van der Waals surface area contributed by atoms with Crippen LogP contribution in [0, 0.1) is 0 Å². The molecule has 2 aromatic heterocycles. The Morgan fingerprint density at radius 2 is 1.79 bits per heavy atom. The highest BCUT2D eigenvalue weighted by Crippen LogP contribution is 2.25. The minimum Gasteiger partial charge on any atom is -0.245 e. The fraction of sp³-hybridized carbons (Fsp3) is 0.467.